The van der Waals surface area contributed by atoms with Crippen LogP contribution < -0.4 is 5.32 Å². The molecule has 1 amide bonds. The molecular formula is C16H16N2O3. The van der Waals surface area contributed by atoms with Crippen LogP contribution in [0.5, 0.6) is 0 Å². The van der Waals surface area contributed by atoms with Gasteiger partial charge >= 0.3 is 0 Å². The molecule has 108 valence electrons. The molecule has 0 saturated carbocycles. The first kappa shape index (κ1) is 13.6. The van der Waals surface area contributed by atoms with Gasteiger partial charge in [0.25, 0.3) is 5.91 Å². The summed E-state index contributed by atoms with van der Waals surface area (Å²) in [5.41, 5.74) is 1.29. The number of rotatable bonds is 3. The molecular weight excluding hydrogens is 268 g/mol. The highest BCUT2D eigenvalue weighted by atomic mass is 16.5. The molecule has 0 spiro atoms. The van der Waals surface area contributed by atoms with Crippen molar-refractivity contribution in [3.8, 4) is 0 Å². The van der Waals surface area contributed by atoms with Crippen molar-refractivity contribution >= 4 is 17.8 Å². The number of hydrogen-bond acceptors (Lipinski definition) is 4. The fourth-order valence-electron chi connectivity index (χ4n) is 2.28. The highest BCUT2D eigenvalue weighted by Crippen LogP contribution is 2.29. The molecule has 0 fully saturated rings. The number of nitrogens with zero attached hydrogens (tertiary/aromatic N) is 1. The molecule has 0 bridgehead atoms. The lowest BCUT2D eigenvalue weighted by atomic mass is 9.92. The maximum absolute atomic E-state index is 12.0. The predicted molar refractivity (Wildman–Crippen MR) is 79.8 cm³/mol. The average molecular weight is 284 g/mol. The second-order valence-electron chi connectivity index (χ2n) is 5.11. The Morgan fingerprint density at radius 1 is 1.33 bits per heavy atom. The monoisotopic (exact) mass is 284 g/mol. The molecule has 21 heavy (non-hydrogen) atoms. The number of amides is 1. The van der Waals surface area contributed by atoms with Gasteiger partial charge in [-0.05, 0) is 36.8 Å². The SMILES string of the molecule is CC1(c2cccc(NC(=O)c3ccco3)c2)COCC=N1. The molecule has 2 heterocycles. The van der Waals surface area contributed by atoms with E-state index in [9.17, 15) is 4.79 Å². The van der Waals surface area contributed by atoms with Crippen molar-refractivity contribution in [2.75, 3.05) is 18.5 Å². The van der Waals surface area contributed by atoms with Gasteiger partial charge in [0.2, 0.25) is 0 Å². The van der Waals surface area contributed by atoms with Crippen LogP contribution in [0.4, 0.5) is 5.69 Å². The van der Waals surface area contributed by atoms with Crippen LogP contribution in [0, 0.1) is 0 Å². The maximum Gasteiger partial charge on any atom is 0.291 e. The summed E-state index contributed by atoms with van der Waals surface area (Å²) in [5.74, 6) is 0.0105. The number of carbonyl (C=O) groups excluding carboxylic acids is 1. The summed E-state index contributed by atoms with van der Waals surface area (Å²) < 4.78 is 10.5. The Morgan fingerprint density at radius 3 is 2.95 bits per heavy atom. The fraction of sp³-hybridized carbons (Fsp3) is 0.250. The minimum absolute atomic E-state index is 0.273. The molecule has 3 rings (SSSR count). The van der Waals surface area contributed by atoms with E-state index >= 15 is 0 Å². The molecule has 1 aromatic heterocycles. The third-order valence-corrected chi connectivity index (χ3v) is 3.44. The highest BCUT2D eigenvalue weighted by Gasteiger charge is 2.27. The van der Waals surface area contributed by atoms with Gasteiger partial charge in [0.05, 0.1) is 19.5 Å². The van der Waals surface area contributed by atoms with Crippen molar-refractivity contribution in [2.45, 2.75) is 12.5 Å². The van der Waals surface area contributed by atoms with Gasteiger partial charge < -0.3 is 14.5 Å². The van der Waals surface area contributed by atoms with E-state index in [4.69, 9.17) is 9.15 Å². The number of benzene rings is 1. The number of nitrogens with one attached hydrogen (secondary N) is 1. The lowest BCUT2D eigenvalue weighted by molar-refractivity contribution is 0.0996. The number of ether oxygens (including phenoxy) is 1. The average Bonchev–Trinajstić information content (AvgIpc) is 3.03. The molecule has 1 aliphatic heterocycles. The Hall–Kier alpha value is -2.40. The largest absolute Gasteiger partial charge is 0.459 e. The topological polar surface area (TPSA) is 63.8 Å². The Morgan fingerprint density at radius 2 is 2.24 bits per heavy atom. The van der Waals surface area contributed by atoms with Crippen LogP contribution in [0.3, 0.4) is 0 Å². The van der Waals surface area contributed by atoms with Gasteiger partial charge in [0, 0.05) is 11.9 Å². The smallest absolute Gasteiger partial charge is 0.291 e. The fourth-order valence-corrected chi connectivity index (χ4v) is 2.28. The van der Waals surface area contributed by atoms with Crippen molar-refractivity contribution < 1.29 is 13.9 Å². The van der Waals surface area contributed by atoms with Gasteiger partial charge in [-0.15, -0.1) is 0 Å². The molecule has 1 aromatic carbocycles. The van der Waals surface area contributed by atoms with E-state index in [-0.39, 0.29) is 11.7 Å². The van der Waals surface area contributed by atoms with Crippen LogP contribution in [0.15, 0.2) is 52.1 Å². The van der Waals surface area contributed by atoms with E-state index in [0.717, 1.165) is 5.56 Å². The molecule has 1 N–H and O–H groups in total. The van der Waals surface area contributed by atoms with Crippen LogP contribution in [-0.2, 0) is 10.3 Å². The van der Waals surface area contributed by atoms with Crippen LogP contribution in [-0.4, -0.2) is 25.3 Å². The molecule has 2 aromatic rings. The van der Waals surface area contributed by atoms with E-state index in [0.29, 0.717) is 18.9 Å². The molecule has 0 aliphatic carbocycles. The second kappa shape index (κ2) is 5.54. The lowest BCUT2D eigenvalue weighted by Gasteiger charge is -2.28. The summed E-state index contributed by atoms with van der Waals surface area (Å²) in [6, 6.07) is 10.9. The van der Waals surface area contributed by atoms with E-state index in [1.807, 2.05) is 31.2 Å². The Balaban J connectivity index is 1.82. The molecule has 5 nitrogen and oxygen atoms in total. The molecule has 1 aliphatic rings. The third-order valence-electron chi connectivity index (χ3n) is 3.44. The first-order valence-corrected chi connectivity index (χ1v) is 6.74. The van der Waals surface area contributed by atoms with Gasteiger partial charge in [-0.1, -0.05) is 12.1 Å². The Bertz CT molecular complexity index is 664. The van der Waals surface area contributed by atoms with Crippen molar-refractivity contribution in [1.82, 2.24) is 0 Å². The predicted octanol–water partition coefficient (Wildman–Crippen LogP) is 2.85. The number of anilines is 1. The summed E-state index contributed by atoms with van der Waals surface area (Å²) in [7, 11) is 0. The van der Waals surface area contributed by atoms with Crippen molar-refractivity contribution in [3.05, 3.63) is 54.0 Å². The molecule has 1 atom stereocenters. The van der Waals surface area contributed by atoms with Crippen LogP contribution >= 0.6 is 0 Å². The summed E-state index contributed by atoms with van der Waals surface area (Å²) in [5, 5.41) is 2.82. The second-order valence-corrected chi connectivity index (χ2v) is 5.11. The normalized spacial score (nSPS) is 21.2. The summed E-state index contributed by atoms with van der Waals surface area (Å²) >= 11 is 0. The van der Waals surface area contributed by atoms with E-state index in [2.05, 4.69) is 10.3 Å². The van der Waals surface area contributed by atoms with E-state index in [1.54, 1.807) is 18.3 Å². The van der Waals surface area contributed by atoms with E-state index in [1.165, 1.54) is 6.26 Å². The molecule has 5 heteroatoms. The van der Waals surface area contributed by atoms with E-state index < -0.39 is 5.54 Å². The standard InChI is InChI=1S/C16H16N2O3/c1-16(11-20-9-7-17-16)12-4-2-5-13(10-12)18-15(19)14-6-3-8-21-14/h2-8,10H,9,11H2,1H3,(H,18,19). The highest BCUT2D eigenvalue weighted by molar-refractivity contribution is 6.02. The lowest BCUT2D eigenvalue weighted by Crippen LogP contribution is -2.30. The molecule has 0 radical (unpaired) electrons. The third kappa shape index (κ3) is 2.87. The summed E-state index contributed by atoms with van der Waals surface area (Å²) in [6.45, 7) is 3.08. The minimum atomic E-state index is -0.413. The number of hydrogen-bond donors (Lipinski definition) is 1. The summed E-state index contributed by atoms with van der Waals surface area (Å²) in [4.78, 5) is 16.5. The van der Waals surface area contributed by atoms with Gasteiger partial charge in [0.15, 0.2) is 5.76 Å². The van der Waals surface area contributed by atoms with Gasteiger partial charge in [0.1, 0.15) is 5.54 Å². The van der Waals surface area contributed by atoms with Gasteiger partial charge in [-0.3, -0.25) is 9.79 Å². The zero-order valence-electron chi connectivity index (χ0n) is 11.7. The van der Waals surface area contributed by atoms with Crippen molar-refractivity contribution in [2.24, 2.45) is 4.99 Å². The first-order valence-electron chi connectivity index (χ1n) is 6.74. The number of aliphatic imine (C=N–C) groups is 1. The first-order chi connectivity index (χ1) is 10.2. The minimum Gasteiger partial charge on any atom is -0.459 e. The molecule has 1 unspecified atom stereocenters. The quantitative estimate of drug-likeness (QED) is 0.942. The van der Waals surface area contributed by atoms with Crippen LogP contribution in [0.1, 0.15) is 23.0 Å². The molecule has 0 saturated heterocycles. The number of carbonyl (C=O) groups is 1. The van der Waals surface area contributed by atoms with Gasteiger partial charge in [-0.25, -0.2) is 0 Å². The van der Waals surface area contributed by atoms with Crippen molar-refractivity contribution in [1.29, 1.82) is 0 Å². The number of furan rings is 1. The summed E-state index contributed by atoms with van der Waals surface area (Å²) in [6.07, 6.45) is 3.25. The Kier molecular flexibility index (Phi) is 3.58. The Labute approximate surface area is 122 Å². The zero-order chi connectivity index (χ0) is 14.7. The maximum atomic E-state index is 12.0. The zero-order valence-corrected chi connectivity index (χ0v) is 11.7. The van der Waals surface area contributed by atoms with Crippen LogP contribution in [0.2, 0.25) is 0 Å². The van der Waals surface area contributed by atoms with Gasteiger partial charge in [-0.2, -0.15) is 0 Å². The van der Waals surface area contributed by atoms with Crippen molar-refractivity contribution in [3.63, 3.8) is 0 Å². The van der Waals surface area contributed by atoms with Crippen LogP contribution in [0.25, 0.3) is 0 Å².